The molecule has 0 aliphatic rings. The van der Waals surface area contributed by atoms with Crippen LogP contribution in [0.1, 0.15) is 20.7 Å². The van der Waals surface area contributed by atoms with Gasteiger partial charge in [0, 0.05) is 29.2 Å². The van der Waals surface area contributed by atoms with Gasteiger partial charge in [-0.3, -0.25) is 9.59 Å². The average Bonchev–Trinajstić information content (AvgIpc) is 3.30. The van der Waals surface area contributed by atoms with Crippen molar-refractivity contribution in [2.24, 2.45) is 0 Å². The minimum absolute atomic E-state index is 0.198. The summed E-state index contributed by atoms with van der Waals surface area (Å²) in [7, 11) is 0. The molecule has 0 fully saturated rings. The molecule has 6 heteroatoms. The van der Waals surface area contributed by atoms with Crippen LogP contribution in [-0.2, 0) is 0 Å². The molecule has 0 saturated heterocycles. The van der Waals surface area contributed by atoms with Gasteiger partial charge in [-0.15, -0.1) is 0 Å². The minimum Gasteiger partial charge on any atom is -0.322 e. The maximum Gasteiger partial charge on any atom is 0.255 e. The van der Waals surface area contributed by atoms with Crippen LogP contribution >= 0.6 is 0 Å². The van der Waals surface area contributed by atoms with Crippen LogP contribution in [0.25, 0.3) is 5.69 Å². The number of nitrogens with one attached hydrogen (secondary N) is 2. The fraction of sp³-hybridized carbons (Fsp3) is 0. The Morgan fingerprint density at radius 1 is 0.690 bits per heavy atom. The molecule has 0 radical (unpaired) electrons. The van der Waals surface area contributed by atoms with Crippen molar-refractivity contribution in [1.29, 1.82) is 0 Å². The lowest BCUT2D eigenvalue weighted by molar-refractivity contribution is 0.102. The van der Waals surface area contributed by atoms with E-state index in [2.05, 4.69) is 15.7 Å². The van der Waals surface area contributed by atoms with Gasteiger partial charge in [-0.1, -0.05) is 30.3 Å². The van der Waals surface area contributed by atoms with Crippen molar-refractivity contribution in [2.75, 3.05) is 10.6 Å². The molecule has 2 amide bonds. The van der Waals surface area contributed by atoms with E-state index in [1.54, 1.807) is 47.3 Å². The van der Waals surface area contributed by atoms with Gasteiger partial charge in [-0.25, -0.2) is 4.68 Å². The zero-order valence-corrected chi connectivity index (χ0v) is 15.4. The van der Waals surface area contributed by atoms with Crippen LogP contribution in [-0.4, -0.2) is 21.6 Å². The molecule has 6 nitrogen and oxygen atoms in total. The molecule has 4 aromatic rings. The summed E-state index contributed by atoms with van der Waals surface area (Å²) in [6.45, 7) is 0. The summed E-state index contributed by atoms with van der Waals surface area (Å²) in [4.78, 5) is 24.9. The summed E-state index contributed by atoms with van der Waals surface area (Å²) in [5, 5.41) is 9.95. The van der Waals surface area contributed by atoms with Crippen molar-refractivity contribution in [2.45, 2.75) is 0 Å². The monoisotopic (exact) mass is 382 g/mol. The molecule has 1 aromatic heterocycles. The van der Waals surface area contributed by atoms with Crippen molar-refractivity contribution < 1.29 is 9.59 Å². The molecule has 0 saturated carbocycles. The van der Waals surface area contributed by atoms with Gasteiger partial charge in [0.15, 0.2) is 0 Å². The van der Waals surface area contributed by atoms with Gasteiger partial charge in [0.25, 0.3) is 11.8 Å². The van der Waals surface area contributed by atoms with E-state index in [4.69, 9.17) is 0 Å². The van der Waals surface area contributed by atoms with Crippen LogP contribution in [0, 0.1) is 0 Å². The number of hydrogen-bond donors (Lipinski definition) is 2. The van der Waals surface area contributed by atoms with Crippen molar-refractivity contribution in [3.05, 3.63) is 108 Å². The Balaban J connectivity index is 1.46. The first-order valence-corrected chi connectivity index (χ1v) is 9.07. The molecule has 3 aromatic carbocycles. The van der Waals surface area contributed by atoms with Crippen molar-refractivity contribution in [3.63, 3.8) is 0 Å². The third kappa shape index (κ3) is 4.22. The van der Waals surface area contributed by atoms with Crippen LogP contribution < -0.4 is 10.6 Å². The molecule has 0 aliphatic carbocycles. The van der Waals surface area contributed by atoms with E-state index in [9.17, 15) is 9.59 Å². The topological polar surface area (TPSA) is 76.0 Å². The van der Waals surface area contributed by atoms with Gasteiger partial charge in [0.05, 0.1) is 11.4 Å². The third-order valence-corrected chi connectivity index (χ3v) is 4.34. The van der Waals surface area contributed by atoms with Gasteiger partial charge in [0.2, 0.25) is 0 Å². The molecule has 0 atom stereocenters. The number of nitrogens with zero attached hydrogens (tertiary/aromatic N) is 2. The Morgan fingerprint density at radius 3 is 2.07 bits per heavy atom. The summed E-state index contributed by atoms with van der Waals surface area (Å²) in [6.07, 6.45) is 3.50. The first kappa shape index (κ1) is 18.2. The lowest BCUT2D eigenvalue weighted by Crippen LogP contribution is -2.15. The van der Waals surface area contributed by atoms with E-state index >= 15 is 0 Å². The number of aromatic nitrogens is 2. The second-order valence-corrected chi connectivity index (χ2v) is 6.32. The van der Waals surface area contributed by atoms with Crippen LogP contribution in [0.15, 0.2) is 97.3 Å². The van der Waals surface area contributed by atoms with Gasteiger partial charge in [-0.2, -0.15) is 5.10 Å². The van der Waals surface area contributed by atoms with Crippen LogP contribution in [0.3, 0.4) is 0 Å². The predicted molar refractivity (Wildman–Crippen MR) is 112 cm³/mol. The normalized spacial score (nSPS) is 10.3. The second-order valence-electron chi connectivity index (χ2n) is 6.32. The summed E-state index contributed by atoms with van der Waals surface area (Å²) >= 11 is 0. The highest BCUT2D eigenvalue weighted by Crippen LogP contribution is 2.20. The standard InChI is InChI=1S/C23H18N4O2/c28-22(17-7-2-1-3-8-17)25-19-13-11-18(12-14-19)23(29)26-20-9-4-5-10-21(20)27-16-6-15-24-27/h1-16H,(H,25,28)(H,26,29). The van der Waals surface area contributed by atoms with Gasteiger partial charge < -0.3 is 10.6 Å². The average molecular weight is 382 g/mol. The molecule has 0 spiro atoms. The molecule has 0 aliphatic heterocycles. The maximum absolute atomic E-state index is 12.7. The van der Waals surface area contributed by atoms with E-state index < -0.39 is 0 Å². The Kier molecular flexibility index (Phi) is 5.16. The van der Waals surface area contributed by atoms with Crippen LogP contribution in [0.4, 0.5) is 11.4 Å². The van der Waals surface area contributed by atoms with E-state index in [-0.39, 0.29) is 11.8 Å². The fourth-order valence-electron chi connectivity index (χ4n) is 2.88. The molecule has 1 heterocycles. The number of carbonyl (C=O) groups excluding carboxylic acids is 2. The SMILES string of the molecule is O=C(Nc1ccc(C(=O)Nc2ccccc2-n2cccn2)cc1)c1ccccc1. The summed E-state index contributed by atoms with van der Waals surface area (Å²) in [5.41, 5.74) is 3.11. The number of carbonyl (C=O) groups is 2. The molecular weight excluding hydrogens is 364 g/mol. The van der Waals surface area contributed by atoms with E-state index in [1.165, 1.54) is 0 Å². The molecular formula is C23H18N4O2. The first-order valence-electron chi connectivity index (χ1n) is 9.07. The molecule has 0 unspecified atom stereocenters. The Hall–Kier alpha value is -4.19. The third-order valence-electron chi connectivity index (χ3n) is 4.34. The summed E-state index contributed by atoms with van der Waals surface area (Å²) < 4.78 is 1.69. The fourth-order valence-corrected chi connectivity index (χ4v) is 2.88. The predicted octanol–water partition coefficient (Wildman–Crippen LogP) is 4.38. The lowest BCUT2D eigenvalue weighted by atomic mass is 10.1. The quantitative estimate of drug-likeness (QED) is 0.538. The van der Waals surface area contributed by atoms with E-state index in [0.29, 0.717) is 22.5 Å². The van der Waals surface area contributed by atoms with Gasteiger partial charge >= 0.3 is 0 Å². The molecule has 0 bridgehead atoms. The number of para-hydroxylation sites is 2. The number of amides is 2. The smallest absolute Gasteiger partial charge is 0.255 e. The Morgan fingerprint density at radius 2 is 1.34 bits per heavy atom. The van der Waals surface area contributed by atoms with Crippen molar-refractivity contribution in [1.82, 2.24) is 9.78 Å². The zero-order valence-electron chi connectivity index (χ0n) is 15.4. The Labute approximate surface area is 167 Å². The van der Waals surface area contributed by atoms with Crippen LogP contribution in [0.2, 0.25) is 0 Å². The molecule has 142 valence electrons. The van der Waals surface area contributed by atoms with Crippen molar-refractivity contribution in [3.8, 4) is 5.69 Å². The highest BCUT2D eigenvalue weighted by molar-refractivity contribution is 6.06. The lowest BCUT2D eigenvalue weighted by Gasteiger charge is -2.11. The van der Waals surface area contributed by atoms with Gasteiger partial charge in [0.1, 0.15) is 0 Å². The van der Waals surface area contributed by atoms with Crippen molar-refractivity contribution >= 4 is 23.2 Å². The Bertz CT molecular complexity index is 1120. The second kappa shape index (κ2) is 8.22. The summed E-state index contributed by atoms with van der Waals surface area (Å²) in [6, 6.07) is 25.0. The number of hydrogen-bond acceptors (Lipinski definition) is 3. The highest BCUT2D eigenvalue weighted by atomic mass is 16.2. The first-order chi connectivity index (χ1) is 14.2. The zero-order chi connectivity index (χ0) is 20.1. The number of rotatable bonds is 5. The van der Waals surface area contributed by atoms with E-state index in [0.717, 1.165) is 5.69 Å². The molecule has 4 rings (SSSR count). The van der Waals surface area contributed by atoms with E-state index in [1.807, 2.05) is 54.7 Å². The maximum atomic E-state index is 12.7. The number of anilines is 2. The van der Waals surface area contributed by atoms with Gasteiger partial charge in [-0.05, 0) is 54.6 Å². The largest absolute Gasteiger partial charge is 0.322 e. The molecule has 2 N–H and O–H groups in total. The highest BCUT2D eigenvalue weighted by Gasteiger charge is 2.11. The van der Waals surface area contributed by atoms with Crippen LogP contribution in [0.5, 0.6) is 0 Å². The molecule has 29 heavy (non-hydrogen) atoms. The summed E-state index contributed by atoms with van der Waals surface area (Å²) in [5.74, 6) is -0.443. The minimum atomic E-state index is -0.245. The number of benzene rings is 3.